The first-order chi connectivity index (χ1) is 8.99. The minimum absolute atomic E-state index is 0.266. The van der Waals surface area contributed by atoms with Gasteiger partial charge < -0.3 is 5.73 Å². The van der Waals surface area contributed by atoms with E-state index in [0.29, 0.717) is 0 Å². The predicted molar refractivity (Wildman–Crippen MR) is 76.6 cm³/mol. The molecule has 116 valence electrons. The monoisotopic (exact) mass is 325 g/mol. The molecule has 0 saturated carbocycles. The second-order valence-corrected chi connectivity index (χ2v) is 7.38. The third-order valence-electron chi connectivity index (χ3n) is 2.00. The van der Waals surface area contributed by atoms with Gasteiger partial charge >= 0.3 is 0 Å². The zero-order valence-electron chi connectivity index (χ0n) is 11.0. The van der Waals surface area contributed by atoms with Crippen molar-refractivity contribution in [3.05, 3.63) is 35.9 Å². The molecule has 20 heavy (non-hydrogen) atoms. The van der Waals surface area contributed by atoms with Crippen molar-refractivity contribution < 1.29 is 25.9 Å². The van der Waals surface area contributed by atoms with Crippen LogP contribution in [0.15, 0.2) is 30.3 Å². The number of rotatable bonds is 5. The van der Waals surface area contributed by atoms with Crippen LogP contribution < -0.4 is 5.73 Å². The second kappa shape index (κ2) is 8.32. The first-order valence-electron chi connectivity index (χ1n) is 5.69. The molecule has 4 N–H and O–H groups in total. The van der Waals surface area contributed by atoms with Crippen LogP contribution >= 0.6 is 0 Å². The highest BCUT2D eigenvalue weighted by Gasteiger charge is 2.11. The first-order valence-corrected chi connectivity index (χ1v) is 8.91. The molecule has 0 spiro atoms. The number of hydrogen-bond acceptors (Lipinski definition) is 5. The summed E-state index contributed by atoms with van der Waals surface area (Å²) in [5.74, 6) is -1.96. The quantitative estimate of drug-likeness (QED) is 0.664. The SMILES string of the molecule is CC(N)Cc1ccccc1.O=S(=O)(O)CCS(=O)(=O)O. The van der Waals surface area contributed by atoms with Crippen LogP contribution in [0.4, 0.5) is 0 Å². The molecule has 0 aliphatic heterocycles. The average molecular weight is 325 g/mol. The number of hydrogen-bond donors (Lipinski definition) is 3. The van der Waals surface area contributed by atoms with E-state index in [1.165, 1.54) is 5.56 Å². The van der Waals surface area contributed by atoms with E-state index in [0.717, 1.165) is 6.42 Å². The Morgan fingerprint density at radius 1 is 1.00 bits per heavy atom. The van der Waals surface area contributed by atoms with Gasteiger partial charge in [-0.25, -0.2) is 0 Å². The van der Waals surface area contributed by atoms with E-state index < -0.39 is 31.7 Å². The summed E-state index contributed by atoms with van der Waals surface area (Å²) < 4.78 is 55.4. The van der Waals surface area contributed by atoms with E-state index in [-0.39, 0.29) is 6.04 Å². The van der Waals surface area contributed by atoms with Gasteiger partial charge in [0, 0.05) is 6.04 Å². The van der Waals surface area contributed by atoms with Gasteiger partial charge in [-0.1, -0.05) is 30.3 Å². The predicted octanol–water partition coefficient (Wildman–Crippen LogP) is 0.338. The van der Waals surface area contributed by atoms with Crippen molar-refractivity contribution in [2.24, 2.45) is 5.73 Å². The van der Waals surface area contributed by atoms with Crippen LogP contribution in [0.1, 0.15) is 12.5 Å². The molecule has 0 bridgehead atoms. The normalized spacial score (nSPS) is 13.2. The Bertz CT molecular complexity index is 549. The van der Waals surface area contributed by atoms with E-state index in [2.05, 4.69) is 12.1 Å². The fourth-order valence-electron chi connectivity index (χ4n) is 1.20. The molecule has 1 unspecified atom stereocenters. The summed E-state index contributed by atoms with van der Waals surface area (Å²) in [5.41, 5.74) is 6.94. The summed E-state index contributed by atoms with van der Waals surface area (Å²) in [6.07, 6.45) is 0.973. The highest BCUT2D eigenvalue weighted by Crippen LogP contribution is 2.00. The third kappa shape index (κ3) is 13.4. The second-order valence-electron chi connectivity index (χ2n) is 4.24. The fraction of sp³-hybridized carbons (Fsp3) is 0.455. The van der Waals surface area contributed by atoms with Crippen molar-refractivity contribution in [2.75, 3.05) is 11.5 Å². The zero-order chi connectivity index (χ0) is 15.8. The van der Waals surface area contributed by atoms with Gasteiger partial charge in [0.15, 0.2) is 0 Å². The highest BCUT2D eigenvalue weighted by atomic mass is 32.2. The number of benzene rings is 1. The van der Waals surface area contributed by atoms with Crippen LogP contribution in [-0.4, -0.2) is 43.5 Å². The van der Waals surface area contributed by atoms with Gasteiger partial charge in [-0.3, -0.25) is 9.11 Å². The molecule has 0 fully saturated rings. The van der Waals surface area contributed by atoms with Crippen LogP contribution in [0, 0.1) is 0 Å². The Morgan fingerprint density at radius 3 is 1.70 bits per heavy atom. The molecule has 0 heterocycles. The van der Waals surface area contributed by atoms with Crippen molar-refractivity contribution in [3.8, 4) is 0 Å². The molecule has 7 nitrogen and oxygen atoms in total. The largest absolute Gasteiger partial charge is 0.328 e. The third-order valence-corrected chi connectivity index (χ3v) is 3.70. The Hall–Kier alpha value is -1.00. The molecule has 9 heteroatoms. The van der Waals surface area contributed by atoms with Gasteiger partial charge in [0.25, 0.3) is 20.2 Å². The van der Waals surface area contributed by atoms with Crippen LogP contribution in [0.25, 0.3) is 0 Å². The van der Waals surface area contributed by atoms with E-state index >= 15 is 0 Å². The molecule has 0 saturated heterocycles. The standard InChI is InChI=1S/C9H13N.C2H6O6S2/c1-8(10)7-9-5-3-2-4-6-9;3-9(4,5)1-2-10(6,7)8/h2-6,8H,7,10H2,1H3;1-2H2,(H,3,4,5)(H,6,7,8). The van der Waals surface area contributed by atoms with Crippen LogP contribution in [0.2, 0.25) is 0 Å². The lowest BCUT2D eigenvalue weighted by molar-refractivity contribution is 0.472. The maximum atomic E-state index is 9.86. The van der Waals surface area contributed by atoms with E-state index in [4.69, 9.17) is 14.8 Å². The molecular formula is C11H19NO6S2. The van der Waals surface area contributed by atoms with E-state index in [1.54, 1.807) is 0 Å². The smallest absolute Gasteiger partial charge is 0.265 e. The van der Waals surface area contributed by atoms with Gasteiger partial charge in [-0.05, 0) is 18.9 Å². The van der Waals surface area contributed by atoms with Crippen molar-refractivity contribution in [1.29, 1.82) is 0 Å². The molecule has 0 aliphatic rings. The lowest BCUT2D eigenvalue weighted by Gasteiger charge is -2.02. The Kier molecular flexibility index (Phi) is 7.91. The maximum absolute atomic E-state index is 9.86. The highest BCUT2D eigenvalue weighted by molar-refractivity contribution is 7.89. The van der Waals surface area contributed by atoms with Crippen molar-refractivity contribution in [2.45, 2.75) is 19.4 Å². The topological polar surface area (TPSA) is 135 Å². The Labute approximate surface area is 119 Å². The minimum Gasteiger partial charge on any atom is -0.328 e. The molecule has 0 radical (unpaired) electrons. The van der Waals surface area contributed by atoms with Crippen molar-refractivity contribution >= 4 is 20.2 Å². The summed E-state index contributed by atoms with van der Waals surface area (Å²) in [6, 6.07) is 10.6. The van der Waals surface area contributed by atoms with E-state index in [9.17, 15) is 16.8 Å². The van der Waals surface area contributed by atoms with Gasteiger partial charge in [-0.2, -0.15) is 16.8 Å². The molecular weight excluding hydrogens is 306 g/mol. The van der Waals surface area contributed by atoms with Gasteiger partial charge in [0.1, 0.15) is 0 Å². The zero-order valence-corrected chi connectivity index (χ0v) is 12.6. The van der Waals surface area contributed by atoms with Gasteiger partial charge in [0.05, 0.1) is 11.5 Å². The molecule has 0 amide bonds. The average Bonchev–Trinajstić information content (AvgIpc) is 2.26. The maximum Gasteiger partial charge on any atom is 0.265 e. The fourth-order valence-corrected chi connectivity index (χ4v) is 2.88. The molecule has 1 aromatic rings. The number of nitrogens with two attached hydrogens (primary N) is 1. The summed E-state index contributed by atoms with van der Waals surface area (Å²) in [6.45, 7) is 2.02. The molecule has 1 aromatic carbocycles. The van der Waals surface area contributed by atoms with Crippen LogP contribution in [0.3, 0.4) is 0 Å². The Balaban J connectivity index is 0.000000361. The lowest BCUT2D eigenvalue weighted by atomic mass is 10.1. The Morgan fingerprint density at radius 2 is 1.40 bits per heavy atom. The first kappa shape index (κ1) is 19.0. The molecule has 0 aromatic heterocycles. The van der Waals surface area contributed by atoms with Crippen LogP contribution in [0.5, 0.6) is 0 Å². The van der Waals surface area contributed by atoms with Crippen molar-refractivity contribution in [3.63, 3.8) is 0 Å². The molecule has 0 aliphatic carbocycles. The lowest BCUT2D eigenvalue weighted by Crippen LogP contribution is -2.17. The molecule has 1 rings (SSSR count). The van der Waals surface area contributed by atoms with Gasteiger partial charge in [0.2, 0.25) is 0 Å². The minimum atomic E-state index is -4.30. The van der Waals surface area contributed by atoms with Gasteiger partial charge in [-0.15, -0.1) is 0 Å². The summed E-state index contributed by atoms with van der Waals surface area (Å²) in [7, 11) is -8.59. The summed E-state index contributed by atoms with van der Waals surface area (Å²) in [5, 5.41) is 0. The van der Waals surface area contributed by atoms with E-state index in [1.807, 2.05) is 25.1 Å². The van der Waals surface area contributed by atoms with Crippen LogP contribution in [-0.2, 0) is 26.7 Å². The molecule has 1 atom stereocenters. The summed E-state index contributed by atoms with van der Waals surface area (Å²) in [4.78, 5) is 0. The summed E-state index contributed by atoms with van der Waals surface area (Å²) >= 11 is 0. The van der Waals surface area contributed by atoms with Crippen molar-refractivity contribution in [1.82, 2.24) is 0 Å².